The lowest BCUT2D eigenvalue weighted by atomic mass is 10.7. The summed E-state index contributed by atoms with van der Waals surface area (Å²) >= 11 is 16.4. The third-order valence-corrected chi connectivity index (χ3v) is 185. The van der Waals surface area contributed by atoms with Gasteiger partial charge in [0.2, 0.25) is 15.7 Å². The first-order chi connectivity index (χ1) is 28.7. The van der Waals surface area contributed by atoms with Crippen LogP contribution < -0.4 is 36.0 Å². The molecule has 2 nitrogen and oxygen atoms in total. The maximum absolute atomic E-state index is 7.45. The SMILES string of the molecule is CO[Si](C)(c1cccs1)[Si](C)(c1cccs1)[Si](C)(c1cccs1)[Si](C)(c1cccs1)[Si](C)(c1cccs1)[Si](C)(c1cccs1)[Si](C)(c1cccs1)[Si](C)(OC)c1cccs1. The third-order valence-electron chi connectivity index (χ3n) is 15.8. The molecule has 0 amide bonds. The lowest BCUT2D eigenvalue weighted by Crippen LogP contribution is -3.06. The van der Waals surface area contributed by atoms with Gasteiger partial charge in [0.15, 0.2) is 0 Å². The smallest absolute Gasteiger partial charge is 0.220 e. The first-order valence-corrected chi connectivity index (χ1v) is 54.0. The Kier molecular flexibility index (Phi) is 13.2. The standard InChI is InChI=1S/C42H54O2S8Si8/c1-43-53(3,35-19-11-27-45-35)55(5,37-21-13-29-47-37)57(7,39-23-15-31-49-39)59(9,41-25-17-33-51-41)60(10,42-26-18-34-52-42)58(8,40-24-16-32-50-40)56(6,38-22-14-30-48-38)54(4,44-2)36-20-12-28-46-36/h11-34H,1-10H3. The highest BCUT2D eigenvalue weighted by Gasteiger charge is 2.82. The summed E-state index contributed by atoms with van der Waals surface area (Å²) in [6.07, 6.45) is 0. The second-order valence-electron chi connectivity index (χ2n) is 17.0. The maximum atomic E-state index is 7.45. The highest BCUT2D eigenvalue weighted by molar-refractivity contribution is 8.14. The summed E-state index contributed by atoms with van der Waals surface area (Å²) < 4.78 is 28.1. The first kappa shape index (κ1) is 45.8. The van der Waals surface area contributed by atoms with Crippen LogP contribution in [0.1, 0.15) is 0 Å². The van der Waals surface area contributed by atoms with E-state index in [0.717, 1.165) is 0 Å². The highest BCUT2D eigenvalue weighted by atomic mass is 32.1. The van der Waals surface area contributed by atoms with Crippen LogP contribution in [0.5, 0.6) is 0 Å². The van der Waals surface area contributed by atoms with Crippen LogP contribution in [0.3, 0.4) is 0 Å². The van der Waals surface area contributed by atoms with Crippen molar-refractivity contribution in [1.29, 1.82) is 0 Å². The average Bonchev–Trinajstić information content (AvgIpc) is 4.10. The van der Waals surface area contributed by atoms with E-state index in [2.05, 4.69) is 252 Å². The van der Waals surface area contributed by atoms with E-state index in [1.807, 2.05) is 45.3 Å². The highest BCUT2D eigenvalue weighted by Crippen LogP contribution is 2.48. The Morgan fingerprint density at radius 2 is 0.433 bits per heavy atom. The topological polar surface area (TPSA) is 18.5 Å². The molecule has 0 fully saturated rings. The predicted molar refractivity (Wildman–Crippen MR) is 299 cm³/mol. The minimum Gasteiger partial charge on any atom is -0.417 e. The zero-order valence-electron chi connectivity index (χ0n) is 35.9. The predicted octanol–water partition coefficient (Wildman–Crippen LogP) is 9.20. The van der Waals surface area contributed by atoms with E-state index < -0.39 is 58.3 Å². The molecule has 8 heterocycles. The van der Waals surface area contributed by atoms with Gasteiger partial charge in [-0.1, -0.05) is 136 Å². The quantitative estimate of drug-likeness (QED) is 0.0848. The molecule has 8 aromatic rings. The van der Waals surface area contributed by atoms with Crippen LogP contribution in [-0.4, -0.2) is 72.5 Å². The largest absolute Gasteiger partial charge is 0.417 e. The summed E-state index contributed by atoms with van der Waals surface area (Å²) in [6, 6.07) is 39.5. The summed E-state index contributed by atoms with van der Waals surface area (Å²) in [6.45, 7) is 23.1. The van der Waals surface area contributed by atoms with Gasteiger partial charge >= 0.3 is 0 Å². The fourth-order valence-electron chi connectivity index (χ4n) is 11.5. The van der Waals surface area contributed by atoms with E-state index in [4.69, 9.17) is 8.85 Å². The number of hydrogen-bond acceptors (Lipinski definition) is 10. The van der Waals surface area contributed by atoms with Crippen molar-refractivity contribution in [2.24, 2.45) is 0 Å². The molecule has 0 aliphatic rings. The van der Waals surface area contributed by atoms with Crippen LogP contribution in [0, 0.1) is 0 Å². The van der Waals surface area contributed by atoms with E-state index in [9.17, 15) is 0 Å². The maximum Gasteiger partial charge on any atom is 0.220 e. The number of hydrogen-bond donors (Lipinski definition) is 0. The summed E-state index contributed by atoms with van der Waals surface area (Å²) in [7, 11) is -17.6. The summed E-state index contributed by atoms with van der Waals surface area (Å²) in [5.41, 5.74) is 0. The van der Waals surface area contributed by atoms with Gasteiger partial charge in [-0.15, -0.1) is 0 Å². The molecule has 0 aliphatic carbocycles. The Labute approximate surface area is 396 Å². The van der Waals surface area contributed by atoms with E-state index in [1.54, 1.807) is 27.0 Å². The zero-order valence-corrected chi connectivity index (χ0v) is 50.5. The summed E-state index contributed by atoms with van der Waals surface area (Å²) in [4.78, 5) is 0. The van der Waals surface area contributed by atoms with Crippen LogP contribution in [-0.2, 0) is 8.85 Å². The monoisotopic (exact) mass is 1070 g/mol. The molecular weight excluding hydrogens is 1020 g/mol. The third kappa shape index (κ3) is 6.11. The normalized spacial score (nSPS) is 20.4. The number of thiophene rings is 8. The Morgan fingerprint density at radius 1 is 0.267 bits per heavy atom. The summed E-state index contributed by atoms with van der Waals surface area (Å²) in [5, 5.41) is 19.1. The van der Waals surface area contributed by atoms with Crippen molar-refractivity contribution in [3.05, 3.63) is 140 Å². The minimum absolute atomic E-state index is 1.51. The van der Waals surface area contributed by atoms with Crippen LogP contribution in [0.15, 0.2) is 140 Å². The van der Waals surface area contributed by atoms with Gasteiger partial charge in [0.25, 0.3) is 0 Å². The first-order valence-electron chi connectivity index (χ1n) is 20.1. The van der Waals surface area contributed by atoms with Crippen molar-refractivity contribution in [1.82, 2.24) is 0 Å². The van der Waals surface area contributed by atoms with Crippen molar-refractivity contribution >= 4 is 185 Å². The Hall–Kier alpha value is -0.745. The average molecular weight is 1070 g/mol. The van der Waals surface area contributed by atoms with Gasteiger partial charge in [-0.25, -0.2) is 0 Å². The Bertz CT molecular complexity index is 2370. The van der Waals surface area contributed by atoms with Gasteiger partial charge in [-0.3, -0.25) is 0 Å². The van der Waals surface area contributed by atoms with Crippen molar-refractivity contribution < 1.29 is 8.85 Å². The van der Waals surface area contributed by atoms with Crippen LogP contribution >= 0.6 is 90.7 Å². The van der Waals surface area contributed by atoms with Crippen molar-refractivity contribution in [2.75, 3.05) is 14.2 Å². The minimum atomic E-state index is -2.79. The van der Waals surface area contributed by atoms with E-state index >= 15 is 0 Å². The molecule has 314 valence electrons. The lowest BCUT2D eigenvalue weighted by Gasteiger charge is -2.67. The van der Waals surface area contributed by atoms with E-state index in [1.165, 1.54) is 9.00 Å². The molecule has 18 heteroatoms. The van der Waals surface area contributed by atoms with Crippen LogP contribution in [0.25, 0.3) is 0 Å². The Balaban J connectivity index is 1.63. The molecule has 8 unspecified atom stereocenters. The second-order valence-corrected chi connectivity index (χ2v) is 101. The lowest BCUT2D eigenvalue weighted by molar-refractivity contribution is 0.426. The second kappa shape index (κ2) is 17.2. The molecule has 0 aliphatic heterocycles. The molecular formula is C42H54O2S8Si8. The van der Waals surface area contributed by atoms with Gasteiger partial charge in [0.05, 0.1) is 28.4 Å². The number of rotatable bonds is 17. The van der Waals surface area contributed by atoms with Crippen molar-refractivity contribution in [3.63, 3.8) is 0 Å². The van der Waals surface area contributed by atoms with E-state index in [-0.39, 0.29) is 0 Å². The fourth-order valence-corrected chi connectivity index (χ4v) is 279. The molecule has 0 N–H and O–H groups in total. The van der Waals surface area contributed by atoms with Gasteiger partial charge in [0, 0.05) is 23.2 Å². The van der Waals surface area contributed by atoms with Crippen LogP contribution in [0.2, 0.25) is 52.4 Å². The molecule has 60 heavy (non-hydrogen) atoms. The molecule has 0 aromatic carbocycles. The van der Waals surface area contributed by atoms with E-state index in [0.29, 0.717) is 0 Å². The molecule has 8 rings (SSSR count). The van der Waals surface area contributed by atoms with Gasteiger partial charge in [0.1, 0.15) is 14.2 Å². The molecule has 8 aromatic heterocycles. The molecule has 0 radical (unpaired) electrons. The van der Waals surface area contributed by atoms with Crippen molar-refractivity contribution in [2.45, 2.75) is 52.4 Å². The van der Waals surface area contributed by atoms with Gasteiger partial charge < -0.3 is 8.85 Å². The van der Waals surface area contributed by atoms with Gasteiger partial charge in [-0.05, 0) is 83.1 Å². The molecule has 0 spiro atoms. The summed E-state index contributed by atoms with van der Waals surface area (Å²) in [5.74, 6) is 0. The fraction of sp³-hybridized carbons (Fsp3) is 0.238. The molecule has 8 atom stereocenters. The van der Waals surface area contributed by atoms with Gasteiger partial charge in [-0.2, -0.15) is 90.7 Å². The molecule has 0 bridgehead atoms. The Morgan fingerprint density at radius 3 is 0.600 bits per heavy atom. The molecule has 0 saturated heterocycles. The molecule has 0 saturated carbocycles. The van der Waals surface area contributed by atoms with Crippen LogP contribution in [0.4, 0.5) is 0 Å². The zero-order chi connectivity index (χ0) is 42.7. The van der Waals surface area contributed by atoms with Crippen molar-refractivity contribution in [3.8, 4) is 0 Å².